The minimum Gasteiger partial charge on any atom is -0.497 e. The number of methoxy groups -OCH3 is 2. The van der Waals surface area contributed by atoms with E-state index in [1.807, 2.05) is 91.0 Å². The molecule has 5 aromatic carbocycles. The third-order valence-corrected chi connectivity index (χ3v) is 21.3. The number of carbonyl (C=O) groups is 2. The van der Waals surface area contributed by atoms with Gasteiger partial charge in [-0.3, -0.25) is 27.8 Å². The topological polar surface area (TPSA) is 257 Å². The molecule has 440 valence electrons. The molecule has 0 saturated carbocycles. The molecule has 85 heavy (non-hydrogen) atoms. The molecule has 22 nitrogen and oxygen atoms in total. The van der Waals surface area contributed by atoms with Crippen molar-refractivity contribution in [3.05, 3.63) is 193 Å². The number of aromatic nitrogens is 8. The first-order chi connectivity index (χ1) is 40.9. The molecule has 2 aliphatic heterocycles. The van der Waals surface area contributed by atoms with Crippen LogP contribution in [0.5, 0.6) is 11.5 Å². The Kier molecular flexibility index (Phi) is 16.9. The lowest BCUT2D eigenvalue weighted by Crippen LogP contribution is -2.46. The van der Waals surface area contributed by atoms with Gasteiger partial charge in [0, 0.05) is 24.0 Å². The Labute approximate surface area is 491 Å². The van der Waals surface area contributed by atoms with Crippen LogP contribution in [0.25, 0.3) is 22.3 Å². The van der Waals surface area contributed by atoms with Gasteiger partial charge < -0.3 is 43.6 Å². The first-order valence-corrected chi connectivity index (χ1v) is 32.0. The number of hydrogen-bond donors (Lipinski definition) is 3. The van der Waals surface area contributed by atoms with E-state index in [2.05, 4.69) is 74.4 Å². The van der Waals surface area contributed by atoms with Crippen LogP contribution in [0, 0.1) is 0 Å². The molecule has 0 spiro atoms. The molecule has 4 aromatic heterocycles. The second-order valence-electron chi connectivity index (χ2n) is 22.1. The molecular formula is C61H65N10O12PSi. The Morgan fingerprint density at radius 1 is 0.612 bits per heavy atom. The maximum absolute atomic E-state index is 14.7. The Balaban J connectivity index is 0.899. The van der Waals surface area contributed by atoms with Gasteiger partial charge in [0.05, 0.1) is 46.2 Å². The smallest absolute Gasteiger partial charge is 0.472 e. The van der Waals surface area contributed by atoms with Crippen molar-refractivity contribution >= 4 is 61.9 Å². The van der Waals surface area contributed by atoms with Crippen molar-refractivity contribution < 1.29 is 56.2 Å². The summed E-state index contributed by atoms with van der Waals surface area (Å²) in [6, 6.07) is 42.3. The summed E-state index contributed by atoms with van der Waals surface area (Å²) in [4.78, 5) is 65.6. The van der Waals surface area contributed by atoms with Crippen LogP contribution in [0.4, 0.5) is 11.6 Å². The number of imidazole rings is 2. The molecule has 0 radical (unpaired) electrons. The number of nitrogens with one attached hydrogen (secondary N) is 2. The van der Waals surface area contributed by atoms with E-state index in [1.54, 1.807) is 78.2 Å². The molecule has 0 bridgehead atoms. The van der Waals surface area contributed by atoms with Crippen LogP contribution in [0.15, 0.2) is 165 Å². The SMILES string of the molecule is COc1ccc(C(OC[C@H]2O[C@@H](n3cnc4c(NC(=O)c5ccccc5)ncnc43)C[C@@H]2OP(=O)(O)OC[C@H]2O[C@@H](n3cnc4c(NC(=O)c5ccccc5)ncnc43)C[C@@H]2O[Si](C)(C)C(C)(C)C)(c2ccccc2)c2ccc(OC)cc2)cc1. The third-order valence-electron chi connectivity index (χ3n) is 15.8. The molecule has 9 aromatic rings. The van der Waals surface area contributed by atoms with Crippen LogP contribution in [-0.2, 0) is 37.9 Å². The number of amides is 2. The molecule has 3 N–H and O–H groups in total. The van der Waals surface area contributed by atoms with Crippen LogP contribution in [-0.4, -0.2) is 116 Å². The van der Waals surface area contributed by atoms with E-state index < -0.39 is 71.1 Å². The Morgan fingerprint density at radius 2 is 1.05 bits per heavy atom. The van der Waals surface area contributed by atoms with Gasteiger partial charge in [-0.25, -0.2) is 34.5 Å². The van der Waals surface area contributed by atoms with Crippen molar-refractivity contribution in [2.24, 2.45) is 0 Å². The summed E-state index contributed by atoms with van der Waals surface area (Å²) < 4.78 is 69.5. The molecule has 24 heteroatoms. The van der Waals surface area contributed by atoms with Gasteiger partial charge >= 0.3 is 7.82 Å². The molecule has 11 rings (SSSR count). The molecule has 1 unspecified atom stereocenters. The quantitative estimate of drug-likeness (QED) is 0.0343. The van der Waals surface area contributed by atoms with Crippen molar-refractivity contribution in [1.29, 1.82) is 0 Å². The zero-order valence-electron chi connectivity index (χ0n) is 47.8. The largest absolute Gasteiger partial charge is 0.497 e. The highest BCUT2D eigenvalue weighted by Crippen LogP contribution is 2.51. The summed E-state index contributed by atoms with van der Waals surface area (Å²) in [7, 11) is -4.36. The summed E-state index contributed by atoms with van der Waals surface area (Å²) in [6.45, 7) is 9.97. The van der Waals surface area contributed by atoms with Crippen LogP contribution in [0.2, 0.25) is 18.1 Å². The zero-order chi connectivity index (χ0) is 59.5. The van der Waals surface area contributed by atoms with Crippen molar-refractivity contribution in [3.63, 3.8) is 0 Å². The highest BCUT2D eigenvalue weighted by Gasteiger charge is 2.49. The van der Waals surface area contributed by atoms with E-state index in [4.69, 9.17) is 37.2 Å². The summed E-state index contributed by atoms with van der Waals surface area (Å²) in [5.41, 5.74) is 3.11. The number of fused-ring (bicyclic) bond motifs is 2. The first-order valence-electron chi connectivity index (χ1n) is 27.6. The highest BCUT2D eigenvalue weighted by molar-refractivity contribution is 7.47. The fourth-order valence-corrected chi connectivity index (χ4v) is 12.6. The number of carbonyl (C=O) groups excluding carboxylic acids is 2. The van der Waals surface area contributed by atoms with Gasteiger partial charge in [0.1, 0.15) is 60.5 Å². The number of rotatable bonds is 21. The summed E-state index contributed by atoms with van der Waals surface area (Å²) >= 11 is 0. The van der Waals surface area contributed by atoms with E-state index in [0.717, 1.165) is 16.7 Å². The maximum Gasteiger partial charge on any atom is 0.472 e. The van der Waals surface area contributed by atoms with E-state index >= 15 is 0 Å². The summed E-state index contributed by atoms with van der Waals surface area (Å²) in [5, 5.41) is 5.48. The van der Waals surface area contributed by atoms with Crippen LogP contribution in [0.3, 0.4) is 0 Å². The molecule has 2 fully saturated rings. The lowest BCUT2D eigenvalue weighted by molar-refractivity contribution is -0.0938. The number of phosphoric ester groups is 1. The van der Waals surface area contributed by atoms with Gasteiger partial charge in [0.15, 0.2) is 42.3 Å². The fraction of sp³-hybridized carbons (Fsp3) is 0.311. The lowest BCUT2D eigenvalue weighted by Gasteiger charge is -2.39. The van der Waals surface area contributed by atoms with Crippen molar-refractivity contribution in [3.8, 4) is 11.5 Å². The van der Waals surface area contributed by atoms with Gasteiger partial charge in [-0.1, -0.05) is 112 Å². The average molecular weight is 1190 g/mol. The lowest BCUT2D eigenvalue weighted by atomic mass is 9.80. The molecule has 2 aliphatic rings. The monoisotopic (exact) mass is 1190 g/mol. The van der Waals surface area contributed by atoms with Gasteiger partial charge in [-0.2, -0.15) is 0 Å². The second-order valence-corrected chi connectivity index (χ2v) is 28.3. The zero-order valence-corrected chi connectivity index (χ0v) is 49.7. The van der Waals surface area contributed by atoms with Crippen molar-refractivity contribution in [2.75, 3.05) is 38.1 Å². The van der Waals surface area contributed by atoms with Gasteiger partial charge in [0.25, 0.3) is 11.8 Å². The second kappa shape index (κ2) is 24.5. The predicted molar refractivity (Wildman–Crippen MR) is 317 cm³/mol. The predicted octanol–water partition coefficient (Wildman–Crippen LogP) is 10.7. The van der Waals surface area contributed by atoms with Crippen LogP contribution in [0.1, 0.15) is 83.5 Å². The number of nitrogens with zero attached hydrogens (tertiary/aromatic N) is 8. The maximum atomic E-state index is 14.7. The number of phosphoric acid groups is 1. The minimum absolute atomic E-state index is 0.0189. The number of benzene rings is 5. The number of anilines is 2. The fourth-order valence-electron chi connectivity index (χ4n) is 10.3. The Hall–Kier alpha value is -8.09. The van der Waals surface area contributed by atoms with E-state index in [-0.39, 0.29) is 41.1 Å². The first kappa shape index (κ1) is 58.7. The molecule has 7 atom stereocenters. The summed E-state index contributed by atoms with van der Waals surface area (Å²) in [5.74, 6) is 0.887. The number of ether oxygens (including phenoxy) is 5. The molecule has 2 saturated heterocycles. The van der Waals surface area contributed by atoms with Crippen molar-refractivity contribution in [1.82, 2.24) is 39.0 Å². The van der Waals surface area contributed by atoms with Gasteiger partial charge in [-0.05, 0) is 83.4 Å². The Morgan fingerprint density at radius 3 is 1.51 bits per heavy atom. The van der Waals surface area contributed by atoms with Gasteiger partial charge in [-0.15, -0.1) is 0 Å². The average Bonchev–Trinajstić information content (AvgIpc) is 2.34. The number of hydrogen-bond acceptors (Lipinski definition) is 17. The van der Waals surface area contributed by atoms with Crippen molar-refractivity contribution in [2.45, 2.75) is 94.2 Å². The third kappa shape index (κ3) is 12.4. The summed E-state index contributed by atoms with van der Waals surface area (Å²) in [6.07, 6.45) is 0.618. The molecule has 2 amide bonds. The van der Waals surface area contributed by atoms with E-state index in [9.17, 15) is 19.0 Å². The Bertz CT molecular complexity index is 3790. The molecule has 6 heterocycles. The van der Waals surface area contributed by atoms with Crippen LogP contribution >= 0.6 is 7.82 Å². The molecule has 0 aliphatic carbocycles. The standard InChI is InChI=1S/C61H65N10O12PSi/c1-60(2,3)85(6,7)83-47-32-51(71-38-67-53-55(63-36-65-57(53)71)69-59(73)40-19-13-9-14-20-40)81-49(47)34-79-84(74,75)82-46-31-50(70-37-66-52-54(62-35-64-56(52)70)68-58(72)39-17-11-8-12-18-39)80-48(46)33-78-61(41-21-15-10-16-22-41,42-23-27-44(76-4)28-24-42)43-25-29-45(77-5)30-26-43/h8-30,35-38,46-51H,31-34H2,1-7H3,(H,74,75)(H,62,64,68,72)(H,63,65,69,73)/t46-,47-,48+,49+,50+,51+/m0/s1. The molecular weight excluding hydrogens is 1120 g/mol. The van der Waals surface area contributed by atoms with E-state index in [0.29, 0.717) is 45.9 Å². The highest BCUT2D eigenvalue weighted by atomic mass is 31.2. The van der Waals surface area contributed by atoms with Gasteiger partial charge in [0.2, 0.25) is 0 Å². The minimum atomic E-state index is -5.03. The normalized spacial score (nSPS) is 19.9. The van der Waals surface area contributed by atoms with Crippen LogP contribution < -0.4 is 20.1 Å². The van der Waals surface area contributed by atoms with E-state index in [1.165, 1.54) is 19.0 Å².